The third kappa shape index (κ3) is 3.13. The van der Waals surface area contributed by atoms with Crippen molar-refractivity contribution in [3.8, 4) is 5.88 Å². The first kappa shape index (κ1) is 18.2. The number of rotatable bonds is 3. The summed E-state index contributed by atoms with van der Waals surface area (Å²) < 4.78 is 5.52. The zero-order valence-electron chi connectivity index (χ0n) is 14.6. The molecule has 0 saturated heterocycles. The van der Waals surface area contributed by atoms with Crippen LogP contribution in [0.2, 0.25) is 5.15 Å². The number of carboxylic acid groups (broad SMARTS) is 1. The highest BCUT2D eigenvalue weighted by Crippen LogP contribution is 2.30. The number of carbonyl (C=O) groups is 3. The van der Waals surface area contributed by atoms with Crippen LogP contribution in [0, 0.1) is 0 Å². The minimum atomic E-state index is -1.05. The second-order valence-corrected chi connectivity index (χ2v) is 6.72. The largest absolute Gasteiger partial charge is 0.480 e. The summed E-state index contributed by atoms with van der Waals surface area (Å²) in [5.74, 6) is -1.62. The number of benzene rings is 1. The monoisotopic (exact) mass is 402 g/mol. The number of carbonyl (C=O) groups excluding carboxylic acids is 2. The Labute approximate surface area is 164 Å². The summed E-state index contributed by atoms with van der Waals surface area (Å²) in [6, 6.07) is 5.04. The van der Waals surface area contributed by atoms with Crippen LogP contribution in [0.15, 0.2) is 24.5 Å². The van der Waals surface area contributed by atoms with Crippen LogP contribution in [-0.4, -0.2) is 64.0 Å². The Hall–Kier alpha value is -3.20. The van der Waals surface area contributed by atoms with Crippen LogP contribution < -0.4 is 9.64 Å². The third-order valence-electron chi connectivity index (χ3n) is 4.67. The van der Waals surface area contributed by atoms with Crippen molar-refractivity contribution in [2.24, 2.45) is 0 Å². The molecule has 1 N–H and O–H groups in total. The molecular weight excluding hydrogens is 388 g/mol. The number of carboxylic acids is 1. The van der Waals surface area contributed by atoms with Gasteiger partial charge in [-0.3, -0.25) is 14.4 Å². The van der Waals surface area contributed by atoms with Gasteiger partial charge in [0.25, 0.3) is 11.8 Å². The van der Waals surface area contributed by atoms with Crippen LogP contribution in [0.25, 0.3) is 0 Å². The normalized spacial score (nSPS) is 16.2. The molecule has 10 heteroatoms. The van der Waals surface area contributed by atoms with Gasteiger partial charge >= 0.3 is 5.97 Å². The van der Waals surface area contributed by atoms with Crippen molar-refractivity contribution in [1.29, 1.82) is 0 Å². The third-order valence-corrected chi connectivity index (χ3v) is 4.96. The fraction of sp³-hybridized carbons (Fsp3) is 0.278. The highest BCUT2D eigenvalue weighted by molar-refractivity contribution is 6.33. The molecule has 0 aliphatic carbocycles. The van der Waals surface area contributed by atoms with Gasteiger partial charge < -0.3 is 19.6 Å². The Morgan fingerprint density at radius 1 is 1.21 bits per heavy atom. The Balaban J connectivity index is 1.66. The average molecular weight is 403 g/mol. The molecule has 4 rings (SSSR count). The topological polar surface area (TPSA) is 113 Å². The number of anilines is 1. The van der Waals surface area contributed by atoms with Crippen molar-refractivity contribution in [1.82, 2.24) is 14.9 Å². The maximum atomic E-state index is 13.0. The molecular formula is C18H15ClN4O5. The van der Waals surface area contributed by atoms with Gasteiger partial charge in [0.15, 0.2) is 0 Å². The molecule has 0 bridgehead atoms. The summed E-state index contributed by atoms with van der Waals surface area (Å²) >= 11 is 6.08. The van der Waals surface area contributed by atoms with Crippen molar-refractivity contribution in [2.45, 2.75) is 6.42 Å². The molecule has 0 spiro atoms. The Kier molecular flexibility index (Phi) is 4.60. The van der Waals surface area contributed by atoms with Crippen LogP contribution in [0.5, 0.6) is 5.88 Å². The van der Waals surface area contributed by atoms with Crippen molar-refractivity contribution < 1.29 is 24.2 Å². The predicted octanol–water partition coefficient (Wildman–Crippen LogP) is 1.25. The minimum absolute atomic E-state index is 0.0133. The zero-order chi connectivity index (χ0) is 19.8. The molecule has 144 valence electrons. The van der Waals surface area contributed by atoms with Crippen molar-refractivity contribution in [3.05, 3.63) is 46.4 Å². The Morgan fingerprint density at radius 2 is 2.04 bits per heavy atom. The summed E-state index contributed by atoms with van der Waals surface area (Å²) in [4.78, 5) is 47.0. The second-order valence-electron chi connectivity index (χ2n) is 6.36. The maximum Gasteiger partial charge on any atom is 0.323 e. The zero-order valence-corrected chi connectivity index (χ0v) is 15.3. The first-order chi connectivity index (χ1) is 13.5. The lowest BCUT2D eigenvalue weighted by atomic mass is 9.97. The van der Waals surface area contributed by atoms with E-state index in [9.17, 15) is 14.4 Å². The van der Waals surface area contributed by atoms with Gasteiger partial charge in [0, 0.05) is 17.8 Å². The quantitative estimate of drug-likeness (QED) is 0.768. The number of aliphatic carboxylic acids is 1. The standard InChI is InChI=1S/C18H15ClN4O5/c19-15-14-16(21-9-20-15)28-6-5-23(18(14)27)11-1-2-12-10(7-11)3-4-22(17(12)26)8-13(24)25/h1-2,7,9H,3-6,8H2,(H,24,25). The Morgan fingerprint density at radius 3 is 2.82 bits per heavy atom. The van der Waals surface area contributed by atoms with E-state index >= 15 is 0 Å². The van der Waals surface area contributed by atoms with E-state index in [1.54, 1.807) is 18.2 Å². The van der Waals surface area contributed by atoms with Gasteiger partial charge in [0.05, 0.1) is 6.54 Å². The summed E-state index contributed by atoms with van der Waals surface area (Å²) in [6.07, 6.45) is 1.73. The van der Waals surface area contributed by atoms with Gasteiger partial charge in [-0.05, 0) is 30.2 Å². The molecule has 28 heavy (non-hydrogen) atoms. The van der Waals surface area contributed by atoms with Crippen LogP contribution >= 0.6 is 11.6 Å². The molecule has 9 nitrogen and oxygen atoms in total. The molecule has 0 atom stereocenters. The molecule has 0 radical (unpaired) electrons. The lowest BCUT2D eigenvalue weighted by Crippen LogP contribution is -2.41. The number of hydrogen-bond donors (Lipinski definition) is 1. The van der Waals surface area contributed by atoms with E-state index in [0.29, 0.717) is 24.2 Å². The summed E-state index contributed by atoms with van der Waals surface area (Å²) in [7, 11) is 0. The summed E-state index contributed by atoms with van der Waals surface area (Å²) in [5.41, 5.74) is 1.90. The van der Waals surface area contributed by atoms with Crippen LogP contribution in [0.4, 0.5) is 5.69 Å². The van der Waals surface area contributed by atoms with Gasteiger partial charge in [-0.25, -0.2) is 9.97 Å². The van der Waals surface area contributed by atoms with Gasteiger partial charge in [-0.15, -0.1) is 0 Å². The van der Waals surface area contributed by atoms with E-state index in [1.165, 1.54) is 16.1 Å². The SMILES string of the molecule is O=C(O)CN1CCc2cc(N3CCOc4ncnc(Cl)c4C3=O)ccc2C1=O. The summed E-state index contributed by atoms with van der Waals surface area (Å²) in [6.45, 7) is 0.482. The van der Waals surface area contributed by atoms with E-state index in [-0.39, 0.29) is 48.1 Å². The molecule has 0 unspecified atom stereocenters. The highest BCUT2D eigenvalue weighted by atomic mass is 35.5. The molecule has 2 amide bonds. The van der Waals surface area contributed by atoms with Crippen molar-refractivity contribution in [3.63, 3.8) is 0 Å². The van der Waals surface area contributed by atoms with Crippen molar-refractivity contribution >= 4 is 35.1 Å². The number of nitrogens with zero attached hydrogens (tertiary/aromatic N) is 4. The molecule has 1 aromatic heterocycles. The lowest BCUT2D eigenvalue weighted by molar-refractivity contribution is -0.137. The molecule has 0 fully saturated rings. The van der Waals surface area contributed by atoms with Gasteiger partial charge in [-0.2, -0.15) is 0 Å². The highest BCUT2D eigenvalue weighted by Gasteiger charge is 2.31. The number of ether oxygens (including phenoxy) is 1. The fourth-order valence-corrected chi connectivity index (χ4v) is 3.57. The van der Waals surface area contributed by atoms with E-state index in [1.807, 2.05) is 0 Å². The van der Waals surface area contributed by atoms with Gasteiger partial charge in [-0.1, -0.05) is 11.6 Å². The van der Waals surface area contributed by atoms with Crippen LogP contribution in [-0.2, 0) is 11.2 Å². The number of aromatic nitrogens is 2. The number of amides is 2. The second kappa shape index (κ2) is 7.08. The first-order valence-corrected chi connectivity index (χ1v) is 8.92. The van der Waals surface area contributed by atoms with E-state index in [4.69, 9.17) is 21.4 Å². The van der Waals surface area contributed by atoms with Crippen LogP contribution in [0.3, 0.4) is 0 Å². The average Bonchev–Trinajstić information content (AvgIpc) is 2.83. The Bertz CT molecular complexity index is 996. The number of halogens is 1. The van der Waals surface area contributed by atoms with E-state index < -0.39 is 5.97 Å². The van der Waals surface area contributed by atoms with Gasteiger partial charge in [0.2, 0.25) is 5.88 Å². The maximum absolute atomic E-state index is 13.0. The molecule has 2 aromatic rings. The van der Waals surface area contributed by atoms with Crippen LogP contribution in [0.1, 0.15) is 26.3 Å². The first-order valence-electron chi connectivity index (χ1n) is 8.55. The smallest absolute Gasteiger partial charge is 0.323 e. The van der Waals surface area contributed by atoms with E-state index in [0.717, 1.165) is 5.56 Å². The lowest BCUT2D eigenvalue weighted by Gasteiger charge is -2.28. The predicted molar refractivity (Wildman–Crippen MR) is 97.9 cm³/mol. The molecule has 3 heterocycles. The molecule has 0 saturated carbocycles. The van der Waals surface area contributed by atoms with Crippen molar-refractivity contribution in [2.75, 3.05) is 31.1 Å². The van der Waals surface area contributed by atoms with E-state index in [2.05, 4.69) is 9.97 Å². The van der Waals surface area contributed by atoms with Gasteiger partial charge in [0.1, 0.15) is 30.2 Å². The molecule has 1 aromatic carbocycles. The molecule has 2 aliphatic heterocycles. The fourth-order valence-electron chi connectivity index (χ4n) is 3.36. The summed E-state index contributed by atoms with van der Waals surface area (Å²) in [5, 5.41) is 8.95. The number of hydrogen-bond acceptors (Lipinski definition) is 6. The number of fused-ring (bicyclic) bond motifs is 2. The minimum Gasteiger partial charge on any atom is -0.480 e. The molecule has 2 aliphatic rings.